The summed E-state index contributed by atoms with van der Waals surface area (Å²) in [7, 11) is 0. The highest BCUT2D eigenvalue weighted by molar-refractivity contribution is 6.30. The summed E-state index contributed by atoms with van der Waals surface area (Å²) >= 11 is 6.00. The summed E-state index contributed by atoms with van der Waals surface area (Å²) in [5.74, 6) is -2.03. The Kier molecular flexibility index (Phi) is 7.14. The normalized spacial score (nSPS) is 24.6. The highest BCUT2D eigenvalue weighted by Crippen LogP contribution is 2.44. The number of amides is 4. The maximum Gasteiger partial charge on any atom is 0.325 e. The molecule has 2 aliphatic heterocycles. The van der Waals surface area contributed by atoms with Crippen LogP contribution in [0.15, 0.2) is 83.5 Å². The Labute approximate surface area is 246 Å². The molecule has 1 saturated heterocycles. The second-order valence-electron chi connectivity index (χ2n) is 10.9. The summed E-state index contributed by atoms with van der Waals surface area (Å²) in [4.78, 5) is 41.3. The predicted molar refractivity (Wildman–Crippen MR) is 154 cm³/mol. The number of nitrogens with zero attached hydrogens (tertiary/aromatic N) is 3. The molecular weight excluding hydrogens is 562 g/mol. The van der Waals surface area contributed by atoms with E-state index in [0.717, 1.165) is 41.0 Å². The van der Waals surface area contributed by atoms with Crippen molar-refractivity contribution in [2.24, 2.45) is 11.0 Å². The summed E-state index contributed by atoms with van der Waals surface area (Å²) in [6, 6.07) is 17.4. The fourth-order valence-electron chi connectivity index (χ4n) is 5.99. The molecule has 42 heavy (non-hydrogen) atoms. The van der Waals surface area contributed by atoms with Gasteiger partial charge >= 0.3 is 6.03 Å². The number of halogens is 3. The van der Waals surface area contributed by atoms with Crippen molar-refractivity contribution in [2.45, 2.75) is 37.8 Å². The zero-order valence-electron chi connectivity index (χ0n) is 22.7. The molecule has 6 rings (SSSR count). The monoisotopic (exact) mass is 588 g/mol. The first kappa shape index (κ1) is 27.8. The zero-order valence-corrected chi connectivity index (χ0v) is 23.4. The SMILES string of the molecule is CC1(c2ccc(Cl)cc2)NC(=O)N(CC(=O)N2N=C3/C(=C\c4ccc(F)cc4)CCCC3C2c2ccc(F)cc2)C1=O. The molecule has 0 aromatic heterocycles. The van der Waals surface area contributed by atoms with Crippen LogP contribution in [-0.4, -0.2) is 40.0 Å². The van der Waals surface area contributed by atoms with E-state index in [1.165, 1.54) is 29.3 Å². The van der Waals surface area contributed by atoms with Gasteiger partial charge in [0.25, 0.3) is 11.8 Å². The second kappa shape index (κ2) is 10.8. The number of imide groups is 1. The van der Waals surface area contributed by atoms with E-state index in [9.17, 15) is 23.2 Å². The molecule has 1 N–H and O–H groups in total. The number of nitrogens with one attached hydrogen (secondary N) is 1. The molecule has 7 nitrogen and oxygen atoms in total. The number of hydrazone groups is 1. The quantitative estimate of drug-likeness (QED) is 0.360. The van der Waals surface area contributed by atoms with Gasteiger partial charge in [-0.05, 0) is 90.9 Å². The van der Waals surface area contributed by atoms with Gasteiger partial charge in [-0.3, -0.25) is 14.5 Å². The van der Waals surface area contributed by atoms with E-state index in [4.69, 9.17) is 16.7 Å². The summed E-state index contributed by atoms with van der Waals surface area (Å²) in [6.45, 7) is 1.06. The van der Waals surface area contributed by atoms with Crippen molar-refractivity contribution in [3.05, 3.63) is 112 Å². The number of benzene rings is 3. The van der Waals surface area contributed by atoms with Crippen LogP contribution in [0.3, 0.4) is 0 Å². The van der Waals surface area contributed by atoms with Gasteiger partial charge in [0, 0.05) is 10.9 Å². The van der Waals surface area contributed by atoms with Crippen LogP contribution in [0, 0.1) is 17.6 Å². The average molecular weight is 589 g/mol. The molecule has 1 aliphatic carbocycles. The van der Waals surface area contributed by atoms with Gasteiger partial charge in [0.05, 0.1) is 11.8 Å². The van der Waals surface area contributed by atoms with Gasteiger partial charge in [-0.15, -0.1) is 0 Å². The molecule has 1 saturated carbocycles. The van der Waals surface area contributed by atoms with Gasteiger partial charge in [-0.25, -0.2) is 18.6 Å². The lowest BCUT2D eigenvalue weighted by atomic mass is 9.77. The van der Waals surface area contributed by atoms with Crippen LogP contribution in [0.4, 0.5) is 13.6 Å². The fraction of sp³-hybridized carbons (Fsp3) is 0.250. The van der Waals surface area contributed by atoms with Crippen LogP contribution in [0.25, 0.3) is 6.08 Å². The van der Waals surface area contributed by atoms with Crippen LogP contribution in [0.5, 0.6) is 0 Å². The molecule has 3 aliphatic rings. The first-order valence-electron chi connectivity index (χ1n) is 13.7. The van der Waals surface area contributed by atoms with E-state index in [-0.39, 0.29) is 11.7 Å². The van der Waals surface area contributed by atoms with Crippen molar-refractivity contribution in [2.75, 3.05) is 6.54 Å². The molecule has 3 atom stereocenters. The molecule has 214 valence electrons. The number of allylic oxidation sites excluding steroid dienone is 1. The molecule has 0 spiro atoms. The largest absolute Gasteiger partial charge is 0.325 e. The third-order valence-electron chi connectivity index (χ3n) is 8.17. The van der Waals surface area contributed by atoms with Crippen LogP contribution < -0.4 is 5.32 Å². The Bertz CT molecular complexity index is 1620. The molecule has 0 bridgehead atoms. The van der Waals surface area contributed by atoms with Crippen molar-refractivity contribution in [1.82, 2.24) is 15.2 Å². The lowest BCUT2D eigenvalue weighted by molar-refractivity contribution is -0.140. The van der Waals surface area contributed by atoms with Crippen molar-refractivity contribution >= 4 is 41.2 Å². The van der Waals surface area contributed by atoms with E-state index >= 15 is 0 Å². The lowest BCUT2D eigenvalue weighted by Gasteiger charge is -2.30. The van der Waals surface area contributed by atoms with E-state index < -0.39 is 41.8 Å². The number of carbonyl (C=O) groups excluding carboxylic acids is 3. The molecular formula is C32H27ClF2N4O3. The third kappa shape index (κ3) is 4.98. The van der Waals surface area contributed by atoms with E-state index in [0.29, 0.717) is 16.1 Å². The van der Waals surface area contributed by atoms with E-state index in [1.807, 2.05) is 6.08 Å². The summed E-state index contributed by atoms with van der Waals surface area (Å²) in [6.07, 6.45) is 4.23. The van der Waals surface area contributed by atoms with Crippen molar-refractivity contribution in [3.8, 4) is 0 Å². The van der Waals surface area contributed by atoms with Crippen molar-refractivity contribution in [1.29, 1.82) is 0 Å². The number of urea groups is 1. The molecule has 10 heteroatoms. The minimum absolute atomic E-state index is 0.178. The highest BCUT2D eigenvalue weighted by Gasteiger charge is 2.51. The number of hydrogen-bond donors (Lipinski definition) is 1. The number of rotatable bonds is 5. The Morgan fingerprint density at radius 1 is 1.02 bits per heavy atom. The van der Waals surface area contributed by atoms with Crippen molar-refractivity contribution in [3.63, 3.8) is 0 Å². The van der Waals surface area contributed by atoms with Crippen LogP contribution in [0.2, 0.25) is 5.02 Å². The number of carbonyl (C=O) groups is 3. The van der Waals surface area contributed by atoms with Gasteiger partial charge < -0.3 is 5.32 Å². The fourth-order valence-corrected chi connectivity index (χ4v) is 6.11. The minimum atomic E-state index is -1.37. The third-order valence-corrected chi connectivity index (χ3v) is 8.42. The van der Waals surface area contributed by atoms with Gasteiger partial charge in [0.1, 0.15) is 23.7 Å². The lowest BCUT2D eigenvalue weighted by Crippen LogP contribution is -2.44. The average Bonchev–Trinajstić information content (AvgIpc) is 3.47. The Morgan fingerprint density at radius 2 is 1.67 bits per heavy atom. The van der Waals surface area contributed by atoms with Crippen LogP contribution >= 0.6 is 11.6 Å². The predicted octanol–water partition coefficient (Wildman–Crippen LogP) is 6.21. The maximum absolute atomic E-state index is 13.9. The Balaban J connectivity index is 1.32. The molecule has 2 heterocycles. The zero-order chi connectivity index (χ0) is 29.6. The van der Waals surface area contributed by atoms with Gasteiger partial charge in [-0.2, -0.15) is 5.10 Å². The molecule has 2 fully saturated rings. The number of fused-ring (bicyclic) bond motifs is 1. The standard InChI is InChI=1S/C32H27ClF2N4O3/c1-32(22-9-11-23(33)12-10-22)30(41)38(31(42)36-32)18-27(40)39-29(20-7-15-25(35)16-8-20)26-4-2-3-21(28(26)37-39)17-19-5-13-24(34)14-6-19/h5-17,26,29H,2-4,18H2,1H3,(H,36,42)/b21-17-. The first-order valence-corrected chi connectivity index (χ1v) is 14.0. The minimum Gasteiger partial charge on any atom is -0.319 e. The van der Waals surface area contributed by atoms with Gasteiger partial charge in [-0.1, -0.05) is 48.0 Å². The van der Waals surface area contributed by atoms with Crippen LogP contribution in [0.1, 0.15) is 48.9 Å². The maximum atomic E-state index is 13.9. The van der Waals surface area contributed by atoms with E-state index in [2.05, 4.69) is 5.32 Å². The molecule has 3 unspecified atom stereocenters. The summed E-state index contributed by atoms with van der Waals surface area (Å²) < 4.78 is 27.3. The van der Waals surface area contributed by atoms with Crippen molar-refractivity contribution < 1.29 is 23.2 Å². The van der Waals surface area contributed by atoms with E-state index in [1.54, 1.807) is 55.5 Å². The first-order chi connectivity index (χ1) is 20.1. The summed E-state index contributed by atoms with van der Waals surface area (Å²) in [5.41, 5.74) is 2.31. The molecule has 4 amide bonds. The second-order valence-corrected chi connectivity index (χ2v) is 11.3. The summed E-state index contributed by atoms with van der Waals surface area (Å²) in [5, 5.41) is 9.29. The Hall–Kier alpha value is -4.37. The van der Waals surface area contributed by atoms with Gasteiger partial charge in [0.15, 0.2) is 0 Å². The number of hydrogen-bond acceptors (Lipinski definition) is 4. The molecule has 0 radical (unpaired) electrons. The molecule has 3 aromatic carbocycles. The van der Waals surface area contributed by atoms with Crippen LogP contribution in [-0.2, 0) is 15.1 Å². The Morgan fingerprint density at radius 3 is 2.33 bits per heavy atom. The topological polar surface area (TPSA) is 82.1 Å². The molecule has 3 aromatic rings. The van der Waals surface area contributed by atoms with Gasteiger partial charge in [0.2, 0.25) is 0 Å². The highest BCUT2D eigenvalue weighted by atomic mass is 35.5. The smallest absolute Gasteiger partial charge is 0.319 e.